The number of oxime groups is 1. The first-order valence-corrected chi connectivity index (χ1v) is 4.79. The predicted octanol–water partition coefficient (Wildman–Crippen LogP) is 0.702. The van der Waals surface area contributed by atoms with Crippen molar-refractivity contribution in [3.63, 3.8) is 0 Å². The van der Waals surface area contributed by atoms with E-state index >= 15 is 0 Å². The van der Waals surface area contributed by atoms with Crippen LogP contribution in [0, 0.1) is 0 Å². The highest BCUT2D eigenvalue weighted by atomic mass is 16.5. The van der Waals surface area contributed by atoms with Crippen molar-refractivity contribution in [2.24, 2.45) is 17.9 Å². The summed E-state index contributed by atoms with van der Waals surface area (Å²) in [5.74, 6) is 0.912. The van der Waals surface area contributed by atoms with E-state index in [2.05, 4.69) is 15.2 Å². The Morgan fingerprint density at radius 1 is 1.53 bits per heavy atom. The topological polar surface area (TPSA) is 98.6 Å². The molecule has 7 heteroatoms. The van der Waals surface area contributed by atoms with Gasteiger partial charge in [0.2, 0.25) is 0 Å². The van der Waals surface area contributed by atoms with Crippen LogP contribution in [0.3, 0.4) is 0 Å². The van der Waals surface area contributed by atoms with Crippen molar-refractivity contribution in [1.82, 2.24) is 14.8 Å². The van der Waals surface area contributed by atoms with Crippen LogP contribution in [-0.2, 0) is 7.05 Å². The summed E-state index contributed by atoms with van der Waals surface area (Å²) >= 11 is 0. The zero-order valence-corrected chi connectivity index (χ0v) is 9.11. The van der Waals surface area contributed by atoms with Gasteiger partial charge in [-0.3, -0.25) is 9.67 Å². The van der Waals surface area contributed by atoms with E-state index in [1.54, 1.807) is 30.2 Å². The van der Waals surface area contributed by atoms with Gasteiger partial charge in [-0.15, -0.1) is 0 Å². The van der Waals surface area contributed by atoms with E-state index in [0.29, 0.717) is 17.1 Å². The molecule has 0 unspecified atom stereocenters. The Bertz CT molecular complexity index is 549. The Balaban J connectivity index is 2.32. The summed E-state index contributed by atoms with van der Waals surface area (Å²) < 4.78 is 7.14. The number of hydrogen-bond acceptors (Lipinski definition) is 5. The lowest BCUT2D eigenvalue weighted by Gasteiger charge is -2.07. The number of pyridine rings is 1. The third-order valence-electron chi connectivity index (χ3n) is 2.08. The lowest BCUT2D eigenvalue weighted by atomic mass is 10.2. The fourth-order valence-corrected chi connectivity index (χ4v) is 1.31. The minimum Gasteiger partial charge on any atom is -0.452 e. The highest BCUT2D eigenvalue weighted by Crippen LogP contribution is 2.23. The van der Waals surface area contributed by atoms with Crippen molar-refractivity contribution >= 4 is 5.84 Å². The van der Waals surface area contributed by atoms with Gasteiger partial charge in [-0.25, -0.2) is 0 Å². The molecule has 3 N–H and O–H groups in total. The smallest absolute Gasteiger partial charge is 0.173 e. The van der Waals surface area contributed by atoms with Gasteiger partial charge in [-0.1, -0.05) is 5.16 Å². The van der Waals surface area contributed by atoms with Crippen LogP contribution in [0.1, 0.15) is 5.56 Å². The molecule has 2 heterocycles. The molecule has 0 bridgehead atoms. The summed E-state index contributed by atoms with van der Waals surface area (Å²) in [6.45, 7) is 0. The van der Waals surface area contributed by atoms with Crippen molar-refractivity contribution in [2.45, 2.75) is 0 Å². The second-order valence-corrected chi connectivity index (χ2v) is 3.31. The lowest BCUT2D eigenvalue weighted by Crippen LogP contribution is -2.14. The molecular formula is C10H11N5O2. The molecule has 0 spiro atoms. The van der Waals surface area contributed by atoms with Gasteiger partial charge >= 0.3 is 0 Å². The minimum atomic E-state index is -0.0358. The summed E-state index contributed by atoms with van der Waals surface area (Å²) in [5.41, 5.74) is 5.99. The lowest BCUT2D eigenvalue weighted by molar-refractivity contribution is 0.318. The minimum absolute atomic E-state index is 0.0358. The number of hydrogen-bond donors (Lipinski definition) is 2. The van der Waals surface area contributed by atoms with Crippen LogP contribution in [0.4, 0.5) is 0 Å². The monoisotopic (exact) mass is 233 g/mol. The zero-order chi connectivity index (χ0) is 12.3. The fraction of sp³-hybridized carbons (Fsp3) is 0.100. The van der Waals surface area contributed by atoms with Crippen LogP contribution in [0.15, 0.2) is 36.0 Å². The molecule has 0 saturated carbocycles. The van der Waals surface area contributed by atoms with Gasteiger partial charge in [0, 0.05) is 13.2 Å². The summed E-state index contributed by atoms with van der Waals surface area (Å²) in [6, 6.07) is 1.60. The highest BCUT2D eigenvalue weighted by Gasteiger charge is 2.09. The summed E-state index contributed by atoms with van der Waals surface area (Å²) in [7, 11) is 1.78. The Morgan fingerprint density at radius 3 is 3.00 bits per heavy atom. The highest BCUT2D eigenvalue weighted by molar-refractivity contribution is 5.99. The molecule has 0 aliphatic heterocycles. The molecule has 0 fully saturated rings. The van der Waals surface area contributed by atoms with Crippen molar-refractivity contribution in [2.75, 3.05) is 0 Å². The van der Waals surface area contributed by atoms with E-state index in [1.165, 1.54) is 12.4 Å². The molecule has 88 valence electrons. The number of aryl methyl sites for hydroxylation is 1. The number of amidine groups is 1. The van der Waals surface area contributed by atoms with Gasteiger partial charge in [0.05, 0.1) is 24.2 Å². The molecule has 0 aliphatic rings. The zero-order valence-electron chi connectivity index (χ0n) is 9.11. The van der Waals surface area contributed by atoms with Crippen molar-refractivity contribution < 1.29 is 9.94 Å². The summed E-state index contributed by atoms with van der Waals surface area (Å²) in [6.07, 6.45) is 6.27. The first-order valence-electron chi connectivity index (χ1n) is 4.79. The maximum absolute atomic E-state index is 8.65. The Labute approximate surface area is 97.1 Å². The van der Waals surface area contributed by atoms with Crippen LogP contribution in [-0.4, -0.2) is 25.8 Å². The Hall–Kier alpha value is -2.57. The molecule has 0 atom stereocenters. The van der Waals surface area contributed by atoms with Crippen LogP contribution >= 0.6 is 0 Å². The van der Waals surface area contributed by atoms with Crippen molar-refractivity contribution in [3.05, 3.63) is 36.4 Å². The van der Waals surface area contributed by atoms with Gasteiger partial charge in [-0.05, 0) is 6.07 Å². The number of nitrogens with two attached hydrogens (primary N) is 1. The van der Waals surface area contributed by atoms with Gasteiger partial charge in [0.15, 0.2) is 17.3 Å². The van der Waals surface area contributed by atoms with E-state index in [9.17, 15) is 0 Å². The van der Waals surface area contributed by atoms with E-state index in [-0.39, 0.29) is 5.84 Å². The first kappa shape index (κ1) is 10.9. The van der Waals surface area contributed by atoms with E-state index in [1.807, 2.05) is 0 Å². The van der Waals surface area contributed by atoms with E-state index in [4.69, 9.17) is 15.7 Å². The third kappa shape index (κ3) is 2.33. The number of nitrogens with zero attached hydrogens (tertiary/aromatic N) is 4. The van der Waals surface area contributed by atoms with Crippen LogP contribution < -0.4 is 10.5 Å². The predicted molar refractivity (Wildman–Crippen MR) is 60.0 cm³/mol. The quantitative estimate of drug-likeness (QED) is 0.352. The number of ether oxygens (including phenoxy) is 1. The average molecular weight is 233 g/mol. The summed E-state index contributed by atoms with van der Waals surface area (Å²) in [5, 5.41) is 15.6. The SMILES string of the molecule is Cn1cc(Oc2cnccc2/C(N)=N/O)cn1. The van der Waals surface area contributed by atoms with Crippen molar-refractivity contribution in [3.8, 4) is 11.5 Å². The molecular weight excluding hydrogens is 222 g/mol. The molecule has 0 amide bonds. The Kier molecular flexibility index (Phi) is 2.91. The average Bonchev–Trinajstić information content (AvgIpc) is 2.74. The molecule has 0 aromatic carbocycles. The van der Waals surface area contributed by atoms with E-state index in [0.717, 1.165) is 0 Å². The molecule has 0 aliphatic carbocycles. The van der Waals surface area contributed by atoms with Gasteiger partial charge in [0.1, 0.15) is 0 Å². The normalized spacial score (nSPS) is 11.5. The molecule has 2 rings (SSSR count). The molecule has 17 heavy (non-hydrogen) atoms. The second kappa shape index (κ2) is 4.52. The van der Waals surface area contributed by atoms with Gasteiger partial charge in [-0.2, -0.15) is 5.10 Å². The second-order valence-electron chi connectivity index (χ2n) is 3.31. The molecule has 2 aromatic heterocycles. The summed E-state index contributed by atoms with van der Waals surface area (Å²) in [4.78, 5) is 3.92. The Morgan fingerprint density at radius 2 is 2.35 bits per heavy atom. The molecule has 7 nitrogen and oxygen atoms in total. The number of aromatic nitrogens is 3. The fourth-order valence-electron chi connectivity index (χ4n) is 1.31. The number of rotatable bonds is 3. The molecule has 0 radical (unpaired) electrons. The van der Waals surface area contributed by atoms with Gasteiger partial charge < -0.3 is 15.7 Å². The van der Waals surface area contributed by atoms with Crippen molar-refractivity contribution in [1.29, 1.82) is 0 Å². The third-order valence-corrected chi connectivity index (χ3v) is 2.08. The van der Waals surface area contributed by atoms with Crippen LogP contribution in [0.25, 0.3) is 0 Å². The standard InChI is InChI=1S/C10H11N5O2/c1-15-6-7(4-13-15)17-9-5-12-3-2-8(9)10(11)14-16/h2-6,16H,1H3,(H2,11,14). The van der Waals surface area contributed by atoms with E-state index < -0.39 is 0 Å². The van der Waals surface area contributed by atoms with Crippen LogP contribution in [0.2, 0.25) is 0 Å². The molecule has 2 aromatic rings. The maximum atomic E-state index is 8.65. The van der Waals surface area contributed by atoms with Gasteiger partial charge in [0.25, 0.3) is 0 Å². The largest absolute Gasteiger partial charge is 0.452 e. The molecule has 0 saturated heterocycles. The first-order chi connectivity index (χ1) is 8.20. The maximum Gasteiger partial charge on any atom is 0.173 e. The van der Waals surface area contributed by atoms with Crippen LogP contribution in [0.5, 0.6) is 11.5 Å².